The molecule has 2 aromatic rings. The predicted molar refractivity (Wildman–Crippen MR) is 110 cm³/mol. The molecule has 138 valence electrons. The highest BCUT2D eigenvalue weighted by Crippen LogP contribution is 2.58. The zero-order chi connectivity index (χ0) is 18.0. The molecule has 2 aromatic carbocycles. The Kier molecular flexibility index (Phi) is 3.46. The number of carbonyl (C=O) groups is 1. The fourth-order valence-corrected chi connectivity index (χ4v) is 6.81. The molecule has 4 aliphatic rings. The van der Waals surface area contributed by atoms with Crippen LogP contribution in [0.1, 0.15) is 80.4 Å². The third kappa shape index (κ3) is 2.40. The summed E-state index contributed by atoms with van der Waals surface area (Å²) < 4.78 is 0. The molecule has 2 bridgehead atoms. The van der Waals surface area contributed by atoms with Crippen LogP contribution in [-0.2, 0) is 16.6 Å². The maximum atomic E-state index is 12.7. The van der Waals surface area contributed by atoms with Crippen molar-refractivity contribution in [3.63, 3.8) is 0 Å². The van der Waals surface area contributed by atoms with Crippen molar-refractivity contribution in [2.75, 3.05) is 0 Å². The maximum Gasteiger partial charge on any atom is 0.138 e. The molecular formula is C26H28O. The monoisotopic (exact) mass is 356 g/mol. The highest BCUT2D eigenvalue weighted by Gasteiger charge is 2.51. The zero-order valence-electron chi connectivity index (χ0n) is 16.1. The van der Waals surface area contributed by atoms with Crippen molar-refractivity contribution in [2.45, 2.75) is 75.5 Å². The molecule has 0 radical (unpaired) electrons. The van der Waals surface area contributed by atoms with E-state index in [-0.39, 0.29) is 5.41 Å². The van der Waals surface area contributed by atoms with Gasteiger partial charge < -0.3 is 0 Å². The molecule has 0 amide bonds. The van der Waals surface area contributed by atoms with Crippen LogP contribution in [-0.4, -0.2) is 5.78 Å². The van der Waals surface area contributed by atoms with E-state index in [4.69, 9.17) is 0 Å². The molecule has 2 saturated carbocycles. The van der Waals surface area contributed by atoms with E-state index in [1.54, 1.807) is 5.57 Å². The van der Waals surface area contributed by atoms with E-state index >= 15 is 0 Å². The van der Waals surface area contributed by atoms with Gasteiger partial charge in [-0.2, -0.15) is 0 Å². The van der Waals surface area contributed by atoms with E-state index in [9.17, 15) is 4.79 Å². The van der Waals surface area contributed by atoms with Crippen LogP contribution < -0.4 is 0 Å². The first-order chi connectivity index (χ1) is 13.2. The molecule has 4 aliphatic carbocycles. The standard InChI is InChI=1S/C26H28O/c27-24-13-22-12-21-11-19(18-4-2-1-3-5-18)7-8-20(21)14-25(22)26(16-24)15-17-6-9-23(26)10-17/h6-8,11-12,14,18,23H,1-5,9-10,13,15-16H2. The second-order valence-corrected chi connectivity index (χ2v) is 9.68. The van der Waals surface area contributed by atoms with Crippen molar-refractivity contribution in [3.05, 3.63) is 58.7 Å². The Labute approximate surface area is 161 Å². The number of hydrogen-bond acceptors (Lipinski definition) is 1. The van der Waals surface area contributed by atoms with Crippen molar-refractivity contribution >= 4 is 16.6 Å². The molecule has 0 aromatic heterocycles. The molecule has 2 unspecified atom stereocenters. The second-order valence-electron chi connectivity index (χ2n) is 9.68. The maximum absolute atomic E-state index is 12.7. The van der Waals surface area contributed by atoms with E-state index in [1.165, 1.54) is 72.4 Å². The second kappa shape index (κ2) is 5.80. The molecule has 2 atom stereocenters. The molecule has 27 heavy (non-hydrogen) atoms. The van der Waals surface area contributed by atoms with Gasteiger partial charge in [0.15, 0.2) is 0 Å². The lowest BCUT2D eigenvalue weighted by molar-refractivity contribution is -0.120. The van der Waals surface area contributed by atoms with Crippen LogP contribution >= 0.6 is 0 Å². The summed E-state index contributed by atoms with van der Waals surface area (Å²) in [5.41, 5.74) is 6.07. The molecule has 1 heteroatoms. The van der Waals surface area contributed by atoms with E-state index < -0.39 is 0 Å². The minimum absolute atomic E-state index is 0.116. The summed E-state index contributed by atoms with van der Waals surface area (Å²) in [6, 6.07) is 12.0. The van der Waals surface area contributed by atoms with Crippen LogP contribution in [0.5, 0.6) is 0 Å². The van der Waals surface area contributed by atoms with Gasteiger partial charge in [-0.05, 0) is 71.4 Å². The third-order valence-electron chi connectivity index (χ3n) is 8.12. The van der Waals surface area contributed by atoms with E-state index in [2.05, 4.69) is 36.4 Å². The van der Waals surface area contributed by atoms with Crippen LogP contribution in [0.25, 0.3) is 10.8 Å². The van der Waals surface area contributed by atoms with E-state index in [1.807, 2.05) is 0 Å². The largest absolute Gasteiger partial charge is 0.299 e. The SMILES string of the molecule is O=C1Cc2cc3cc(C4CCCCC4)ccc3cc2C2(C1)CC1=CCC2C1. The number of carbonyl (C=O) groups excluding carboxylic acids is 1. The summed E-state index contributed by atoms with van der Waals surface area (Å²) in [7, 11) is 0. The quantitative estimate of drug-likeness (QED) is 0.542. The van der Waals surface area contributed by atoms with Gasteiger partial charge in [-0.25, -0.2) is 0 Å². The highest BCUT2D eigenvalue weighted by atomic mass is 16.1. The molecule has 2 fully saturated rings. The van der Waals surface area contributed by atoms with Gasteiger partial charge in [0.25, 0.3) is 0 Å². The lowest BCUT2D eigenvalue weighted by Crippen LogP contribution is -2.39. The molecule has 0 saturated heterocycles. The van der Waals surface area contributed by atoms with Crippen molar-refractivity contribution in [1.29, 1.82) is 0 Å². The summed E-state index contributed by atoms with van der Waals surface area (Å²) in [6.45, 7) is 0. The topological polar surface area (TPSA) is 17.1 Å². The molecule has 0 N–H and O–H groups in total. The number of rotatable bonds is 1. The molecule has 0 heterocycles. The lowest BCUT2D eigenvalue weighted by atomic mass is 9.62. The fourth-order valence-electron chi connectivity index (χ4n) is 6.81. The Morgan fingerprint density at radius 2 is 1.81 bits per heavy atom. The van der Waals surface area contributed by atoms with Gasteiger partial charge >= 0.3 is 0 Å². The Hall–Kier alpha value is -1.89. The summed E-state index contributed by atoms with van der Waals surface area (Å²) in [5.74, 6) is 1.86. The Morgan fingerprint density at radius 1 is 0.926 bits per heavy atom. The summed E-state index contributed by atoms with van der Waals surface area (Å²) >= 11 is 0. The normalized spacial score (nSPS) is 30.1. The number of fused-ring (bicyclic) bond motifs is 6. The summed E-state index contributed by atoms with van der Waals surface area (Å²) in [5, 5.41) is 2.72. The number of hydrogen-bond donors (Lipinski definition) is 0. The van der Waals surface area contributed by atoms with Crippen molar-refractivity contribution in [3.8, 4) is 0 Å². The fraction of sp³-hybridized carbons (Fsp3) is 0.500. The van der Waals surface area contributed by atoms with Crippen LogP contribution in [0.3, 0.4) is 0 Å². The minimum atomic E-state index is 0.116. The molecule has 6 rings (SSSR count). The lowest BCUT2D eigenvalue weighted by Gasteiger charge is -2.41. The number of allylic oxidation sites excluding steroid dienone is 2. The van der Waals surface area contributed by atoms with E-state index in [0.717, 1.165) is 18.8 Å². The number of benzene rings is 2. The van der Waals surface area contributed by atoms with Crippen LogP contribution in [0.15, 0.2) is 42.0 Å². The van der Waals surface area contributed by atoms with Crippen molar-refractivity contribution in [2.24, 2.45) is 5.92 Å². The van der Waals surface area contributed by atoms with E-state index in [0.29, 0.717) is 18.1 Å². The number of ketones is 1. The minimum Gasteiger partial charge on any atom is -0.299 e. The first-order valence-electron chi connectivity index (χ1n) is 11.0. The molecular weight excluding hydrogens is 328 g/mol. The predicted octanol–water partition coefficient (Wildman–Crippen LogP) is 6.38. The Morgan fingerprint density at radius 3 is 2.59 bits per heavy atom. The van der Waals surface area contributed by atoms with Gasteiger partial charge in [0.05, 0.1) is 0 Å². The summed E-state index contributed by atoms with van der Waals surface area (Å²) in [6.07, 6.45) is 14.2. The smallest absolute Gasteiger partial charge is 0.138 e. The van der Waals surface area contributed by atoms with Gasteiger partial charge in [0.1, 0.15) is 5.78 Å². The number of Topliss-reactive ketones (excluding diaryl/α,β-unsaturated/α-hetero) is 1. The molecule has 1 nitrogen and oxygen atoms in total. The average Bonchev–Trinajstić information content (AvgIpc) is 3.28. The summed E-state index contributed by atoms with van der Waals surface area (Å²) in [4.78, 5) is 12.7. The Balaban J connectivity index is 1.47. The van der Waals surface area contributed by atoms with Gasteiger partial charge in [-0.15, -0.1) is 0 Å². The molecule has 0 aliphatic heterocycles. The van der Waals surface area contributed by atoms with Crippen LogP contribution in [0.4, 0.5) is 0 Å². The van der Waals surface area contributed by atoms with Gasteiger partial charge in [-0.1, -0.05) is 61.2 Å². The van der Waals surface area contributed by atoms with Crippen LogP contribution in [0, 0.1) is 5.92 Å². The third-order valence-corrected chi connectivity index (χ3v) is 8.12. The highest BCUT2D eigenvalue weighted by molar-refractivity contribution is 5.91. The average molecular weight is 357 g/mol. The van der Waals surface area contributed by atoms with Gasteiger partial charge in [-0.3, -0.25) is 4.79 Å². The molecule has 1 spiro atoms. The van der Waals surface area contributed by atoms with Crippen LogP contribution in [0.2, 0.25) is 0 Å². The zero-order valence-corrected chi connectivity index (χ0v) is 16.1. The first-order valence-corrected chi connectivity index (χ1v) is 11.0. The Bertz CT molecular complexity index is 975. The van der Waals surface area contributed by atoms with Gasteiger partial charge in [0.2, 0.25) is 0 Å². The van der Waals surface area contributed by atoms with Crippen molar-refractivity contribution in [1.82, 2.24) is 0 Å². The van der Waals surface area contributed by atoms with Crippen molar-refractivity contribution < 1.29 is 4.79 Å². The first kappa shape index (κ1) is 16.1. The van der Waals surface area contributed by atoms with Gasteiger partial charge in [0, 0.05) is 18.3 Å².